The number of hydrogen-bond acceptors (Lipinski definition) is 4. The third kappa shape index (κ3) is 3.91. The number of rotatable bonds is 4. The minimum absolute atomic E-state index is 0.0859. The monoisotopic (exact) mass is 377 g/mol. The second kappa shape index (κ2) is 7.10. The van der Waals surface area contributed by atoms with Crippen LogP contribution in [0.25, 0.3) is 10.9 Å². The third-order valence-electron chi connectivity index (χ3n) is 3.72. The smallest absolute Gasteiger partial charge is 0.418 e. The number of hydrogen-bond donors (Lipinski definition) is 1. The molecule has 0 aliphatic carbocycles. The number of nitrogens with zero attached hydrogens (tertiary/aromatic N) is 2. The van der Waals surface area contributed by atoms with E-state index in [0.29, 0.717) is 5.75 Å². The molecule has 1 amide bonds. The number of alkyl halides is 3. The predicted molar refractivity (Wildman–Crippen MR) is 92.0 cm³/mol. The molecule has 140 valence electrons. The molecule has 0 saturated heterocycles. The van der Waals surface area contributed by atoms with Crippen molar-refractivity contribution in [2.24, 2.45) is 0 Å². The van der Waals surface area contributed by atoms with Gasteiger partial charge in [-0.2, -0.15) is 13.2 Å². The molecule has 6 nitrogen and oxygen atoms in total. The van der Waals surface area contributed by atoms with Crippen LogP contribution in [0.2, 0.25) is 0 Å². The standard InChI is InChI=1S/C18H14F3N3O3/c1-11-22-16-13(8-5-9-14(16)18(19,20)21)17(26)24(11)23-15(25)10-27-12-6-3-2-4-7-12/h2-9H,10H2,1H3,(H,23,25). The van der Waals surface area contributed by atoms with Gasteiger partial charge in [0.05, 0.1) is 16.5 Å². The van der Waals surface area contributed by atoms with Crippen LogP contribution in [0.4, 0.5) is 13.2 Å². The van der Waals surface area contributed by atoms with E-state index in [1.165, 1.54) is 13.0 Å². The number of nitrogens with one attached hydrogen (secondary N) is 1. The lowest BCUT2D eigenvalue weighted by molar-refractivity contribution is -0.136. The van der Waals surface area contributed by atoms with Gasteiger partial charge in [0, 0.05) is 0 Å². The van der Waals surface area contributed by atoms with Crippen molar-refractivity contribution in [2.75, 3.05) is 12.0 Å². The highest BCUT2D eigenvalue weighted by Crippen LogP contribution is 2.32. The highest BCUT2D eigenvalue weighted by atomic mass is 19.4. The molecule has 0 atom stereocenters. The molecule has 0 aliphatic heterocycles. The summed E-state index contributed by atoms with van der Waals surface area (Å²) in [5.41, 5.74) is 0.0190. The fourth-order valence-corrected chi connectivity index (χ4v) is 2.50. The van der Waals surface area contributed by atoms with Crippen molar-refractivity contribution in [1.29, 1.82) is 0 Å². The van der Waals surface area contributed by atoms with Gasteiger partial charge in [0.2, 0.25) is 0 Å². The van der Waals surface area contributed by atoms with Gasteiger partial charge in [-0.05, 0) is 31.2 Å². The Balaban J connectivity index is 1.89. The Kier molecular flexibility index (Phi) is 4.85. The summed E-state index contributed by atoms with van der Waals surface area (Å²) < 4.78 is 45.4. The van der Waals surface area contributed by atoms with Crippen molar-refractivity contribution in [3.63, 3.8) is 0 Å². The number of aryl methyl sites for hydroxylation is 1. The first-order chi connectivity index (χ1) is 12.8. The number of amides is 1. The largest absolute Gasteiger partial charge is 0.484 e. The molecule has 0 bridgehead atoms. The summed E-state index contributed by atoms with van der Waals surface area (Å²) in [5, 5.41) is -0.250. The molecule has 0 unspecified atom stereocenters. The second-order valence-corrected chi connectivity index (χ2v) is 5.64. The lowest BCUT2D eigenvalue weighted by Crippen LogP contribution is -2.37. The summed E-state index contributed by atoms with van der Waals surface area (Å²) in [7, 11) is 0. The van der Waals surface area contributed by atoms with Gasteiger partial charge >= 0.3 is 6.18 Å². The maximum Gasteiger partial charge on any atom is 0.418 e. The summed E-state index contributed by atoms with van der Waals surface area (Å²) in [6.07, 6.45) is -4.65. The van der Waals surface area contributed by atoms with Gasteiger partial charge in [-0.1, -0.05) is 24.3 Å². The molecule has 0 radical (unpaired) electrons. The van der Waals surface area contributed by atoms with E-state index < -0.39 is 28.7 Å². The molecule has 1 heterocycles. The van der Waals surface area contributed by atoms with Gasteiger partial charge in [-0.3, -0.25) is 15.0 Å². The van der Waals surface area contributed by atoms with Crippen molar-refractivity contribution in [1.82, 2.24) is 9.66 Å². The van der Waals surface area contributed by atoms with E-state index in [1.54, 1.807) is 30.3 Å². The zero-order chi connectivity index (χ0) is 19.6. The van der Waals surface area contributed by atoms with Crippen molar-refractivity contribution in [2.45, 2.75) is 13.1 Å². The molecular formula is C18H14F3N3O3. The van der Waals surface area contributed by atoms with Gasteiger partial charge in [-0.15, -0.1) is 0 Å². The Hall–Kier alpha value is -3.36. The van der Waals surface area contributed by atoms with Gasteiger partial charge in [0.15, 0.2) is 6.61 Å². The van der Waals surface area contributed by atoms with Crippen LogP contribution >= 0.6 is 0 Å². The van der Waals surface area contributed by atoms with Crippen LogP contribution in [0.15, 0.2) is 53.3 Å². The molecule has 1 N–H and O–H groups in total. The van der Waals surface area contributed by atoms with Crippen LogP contribution in [0.3, 0.4) is 0 Å². The molecule has 3 aromatic rings. The molecule has 27 heavy (non-hydrogen) atoms. The average Bonchev–Trinajstić information content (AvgIpc) is 2.63. The van der Waals surface area contributed by atoms with Gasteiger partial charge in [-0.25, -0.2) is 9.66 Å². The number of para-hydroxylation sites is 2. The predicted octanol–water partition coefficient (Wildman–Crippen LogP) is 2.87. The van der Waals surface area contributed by atoms with E-state index in [2.05, 4.69) is 10.4 Å². The summed E-state index contributed by atoms with van der Waals surface area (Å²) in [5.74, 6) is -0.280. The Morgan fingerprint density at radius 2 is 1.85 bits per heavy atom. The second-order valence-electron chi connectivity index (χ2n) is 5.64. The summed E-state index contributed by atoms with van der Waals surface area (Å²) in [4.78, 5) is 28.4. The summed E-state index contributed by atoms with van der Waals surface area (Å²) >= 11 is 0. The molecular weight excluding hydrogens is 363 g/mol. The Morgan fingerprint density at radius 1 is 1.15 bits per heavy atom. The zero-order valence-corrected chi connectivity index (χ0v) is 14.1. The van der Waals surface area contributed by atoms with Crippen molar-refractivity contribution in [3.05, 3.63) is 70.3 Å². The Morgan fingerprint density at radius 3 is 2.52 bits per heavy atom. The zero-order valence-electron chi connectivity index (χ0n) is 14.1. The van der Waals surface area contributed by atoms with Crippen molar-refractivity contribution < 1.29 is 22.7 Å². The van der Waals surface area contributed by atoms with Crippen LogP contribution in [0.1, 0.15) is 11.4 Å². The van der Waals surface area contributed by atoms with Gasteiger partial charge in [0.1, 0.15) is 11.6 Å². The molecule has 9 heteroatoms. The number of benzene rings is 2. The number of carbonyl (C=O) groups excluding carboxylic acids is 1. The third-order valence-corrected chi connectivity index (χ3v) is 3.72. The van der Waals surface area contributed by atoms with E-state index >= 15 is 0 Å². The lowest BCUT2D eigenvalue weighted by Gasteiger charge is -2.14. The number of aromatic nitrogens is 2. The van der Waals surface area contributed by atoms with Gasteiger partial charge in [0.25, 0.3) is 11.5 Å². The SMILES string of the molecule is Cc1nc2c(C(F)(F)F)cccc2c(=O)n1NC(=O)COc1ccccc1. The highest BCUT2D eigenvalue weighted by Gasteiger charge is 2.33. The molecule has 3 rings (SSSR count). The average molecular weight is 377 g/mol. The summed E-state index contributed by atoms with van der Waals surface area (Å²) in [6.45, 7) is 0.947. The fourth-order valence-electron chi connectivity index (χ4n) is 2.50. The fraction of sp³-hybridized carbons (Fsp3) is 0.167. The Labute approximate surface area is 151 Å². The van der Waals surface area contributed by atoms with Crippen LogP contribution in [0, 0.1) is 6.92 Å². The maximum absolute atomic E-state index is 13.1. The first kappa shape index (κ1) is 18.4. The van der Waals surface area contributed by atoms with Crippen LogP contribution in [-0.2, 0) is 11.0 Å². The summed E-state index contributed by atoms with van der Waals surface area (Å²) in [6, 6.07) is 11.7. The van der Waals surface area contributed by atoms with E-state index in [1.807, 2.05) is 0 Å². The number of halogens is 3. The highest BCUT2D eigenvalue weighted by molar-refractivity contribution is 5.86. The van der Waals surface area contributed by atoms with Crippen LogP contribution < -0.4 is 15.7 Å². The molecule has 0 saturated carbocycles. The van der Waals surface area contributed by atoms with E-state index in [-0.39, 0.29) is 17.8 Å². The van der Waals surface area contributed by atoms with Crippen LogP contribution in [0.5, 0.6) is 5.75 Å². The number of fused-ring (bicyclic) bond motifs is 1. The van der Waals surface area contributed by atoms with E-state index in [0.717, 1.165) is 16.8 Å². The van der Waals surface area contributed by atoms with Crippen molar-refractivity contribution in [3.8, 4) is 5.75 Å². The molecule has 0 spiro atoms. The Bertz CT molecular complexity index is 1050. The maximum atomic E-state index is 13.1. The molecule has 0 aliphatic rings. The first-order valence-electron chi connectivity index (χ1n) is 7.84. The number of ether oxygens (including phenoxy) is 1. The topological polar surface area (TPSA) is 73.2 Å². The molecule has 0 fully saturated rings. The minimum atomic E-state index is -4.65. The van der Waals surface area contributed by atoms with E-state index in [9.17, 15) is 22.8 Å². The normalized spacial score (nSPS) is 11.4. The molecule has 2 aromatic carbocycles. The number of carbonyl (C=O) groups is 1. The minimum Gasteiger partial charge on any atom is -0.484 e. The van der Waals surface area contributed by atoms with E-state index in [4.69, 9.17) is 4.74 Å². The van der Waals surface area contributed by atoms with Crippen molar-refractivity contribution >= 4 is 16.8 Å². The first-order valence-corrected chi connectivity index (χ1v) is 7.84. The van der Waals surface area contributed by atoms with Gasteiger partial charge < -0.3 is 4.74 Å². The lowest BCUT2D eigenvalue weighted by atomic mass is 10.1. The quantitative estimate of drug-likeness (QED) is 0.759. The molecule has 1 aromatic heterocycles. The van der Waals surface area contributed by atoms with Crippen LogP contribution in [-0.4, -0.2) is 22.2 Å².